The Morgan fingerprint density at radius 3 is 2.25 bits per heavy atom. The summed E-state index contributed by atoms with van der Waals surface area (Å²) < 4.78 is 0. The zero-order valence-corrected chi connectivity index (χ0v) is 12.8. The second-order valence-corrected chi connectivity index (χ2v) is 6.11. The molecule has 0 fully saturated rings. The van der Waals surface area contributed by atoms with E-state index in [9.17, 15) is 4.79 Å². The third-order valence-corrected chi connectivity index (χ3v) is 4.49. The number of carboxylic acid groups (broad SMARTS) is 1. The number of benzene rings is 2. The van der Waals surface area contributed by atoms with Gasteiger partial charge in [0.15, 0.2) is 0 Å². The van der Waals surface area contributed by atoms with Crippen LogP contribution in [0.4, 0.5) is 0 Å². The van der Waals surface area contributed by atoms with Crippen molar-refractivity contribution < 1.29 is 9.90 Å². The summed E-state index contributed by atoms with van der Waals surface area (Å²) in [4.78, 5) is 11.7. The lowest BCUT2D eigenvalue weighted by atomic mass is 10.2. The van der Waals surface area contributed by atoms with Gasteiger partial charge in [0.05, 0.1) is 16.5 Å². The minimum Gasteiger partial charge on any atom is -0.481 e. The first-order valence-electron chi connectivity index (χ1n) is 5.92. The molecular weight excluding hydrogens is 315 g/mol. The Morgan fingerprint density at radius 2 is 1.65 bits per heavy atom. The largest absolute Gasteiger partial charge is 0.481 e. The number of thioether (sulfide) groups is 1. The minimum atomic E-state index is -0.818. The van der Waals surface area contributed by atoms with Gasteiger partial charge in [-0.25, -0.2) is 0 Å². The highest BCUT2D eigenvalue weighted by atomic mass is 35.5. The molecule has 2 aromatic rings. The van der Waals surface area contributed by atoms with Gasteiger partial charge in [-0.1, -0.05) is 41.4 Å². The molecule has 2 nitrogen and oxygen atoms in total. The van der Waals surface area contributed by atoms with Crippen molar-refractivity contribution in [1.82, 2.24) is 0 Å². The third kappa shape index (κ3) is 4.44. The molecular formula is C15H12Cl2O2S. The van der Waals surface area contributed by atoms with E-state index >= 15 is 0 Å². The fraction of sp³-hybridized carbons (Fsp3) is 0.133. The summed E-state index contributed by atoms with van der Waals surface area (Å²) in [7, 11) is 0. The maximum absolute atomic E-state index is 10.6. The summed E-state index contributed by atoms with van der Waals surface area (Å²) in [5.41, 5.74) is 1.90. The molecule has 5 heteroatoms. The molecule has 20 heavy (non-hydrogen) atoms. The van der Waals surface area contributed by atoms with Crippen LogP contribution < -0.4 is 0 Å². The fourth-order valence-electron chi connectivity index (χ4n) is 1.67. The Kier molecular flexibility index (Phi) is 5.35. The van der Waals surface area contributed by atoms with Crippen LogP contribution in [0.5, 0.6) is 0 Å². The highest BCUT2D eigenvalue weighted by Crippen LogP contribution is 2.27. The van der Waals surface area contributed by atoms with E-state index in [-0.39, 0.29) is 6.42 Å². The Balaban J connectivity index is 1.96. The van der Waals surface area contributed by atoms with Crippen molar-refractivity contribution in [3.63, 3.8) is 0 Å². The Morgan fingerprint density at radius 1 is 1.00 bits per heavy atom. The normalized spacial score (nSPS) is 10.5. The fourth-order valence-corrected chi connectivity index (χ4v) is 2.84. The molecule has 2 rings (SSSR count). The van der Waals surface area contributed by atoms with Gasteiger partial charge in [-0.15, -0.1) is 11.8 Å². The molecule has 0 unspecified atom stereocenters. The standard InChI is InChI=1S/C15H12Cl2O2S/c16-13-6-3-11(7-14(13)17)9-20-12-4-1-10(2-5-12)8-15(18)19/h1-7H,8-9H2,(H,18,19). The molecule has 0 saturated heterocycles. The summed E-state index contributed by atoms with van der Waals surface area (Å²) in [5, 5.41) is 9.82. The monoisotopic (exact) mass is 326 g/mol. The molecule has 1 N–H and O–H groups in total. The Labute approximate surface area is 131 Å². The molecule has 0 heterocycles. The predicted molar refractivity (Wildman–Crippen MR) is 83.8 cm³/mol. The lowest BCUT2D eigenvalue weighted by molar-refractivity contribution is -0.136. The highest BCUT2D eigenvalue weighted by Gasteiger charge is 2.03. The average molecular weight is 327 g/mol. The van der Waals surface area contributed by atoms with E-state index in [2.05, 4.69) is 0 Å². The van der Waals surface area contributed by atoms with Crippen molar-refractivity contribution >= 4 is 40.9 Å². The van der Waals surface area contributed by atoms with Crippen LogP contribution in [0.2, 0.25) is 10.0 Å². The van der Waals surface area contributed by atoms with Gasteiger partial charge in [-0.05, 0) is 35.4 Å². The van der Waals surface area contributed by atoms with Crippen molar-refractivity contribution in [3.05, 3.63) is 63.6 Å². The smallest absolute Gasteiger partial charge is 0.307 e. The van der Waals surface area contributed by atoms with Crippen LogP contribution in [0, 0.1) is 0 Å². The van der Waals surface area contributed by atoms with Gasteiger partial charge in [-0.2, -0.15) is 0 Å². The van der Waals surface area contributed by atoms with E-state index in [1.54, 1.807) is 17.8 Å². The number of halogens is 2. The van der Waals surface area contributed by atoms with E-state index in [1.165, 1.54) is 0 Å². The van der Waals surface area contributed by atoms with Crippen LogP contribution in [0.1, 0.15) is 11.1 Å². The van der Waals surface area contributed by atoms with Gasteiger partial charge in [0, 0.05) is 10.6 Å². The zero-order valence-electron chi connectivity index (χ0n) is 10.5. The lowest BCUT2D eigenvalue weighted by Gasteiger charge is -2.04. The molecule has 0 saturated carbocycles. The average Bonchev–Trinajstić information content (AvgIpc) is 2.41. The van der Waals surface area contributed by atoms with Gasteiger partial charge in [0.25, 0.3) is 0 Å². The molecule has 0 aliphatic carbocycles. The molecule has 0 spiro atoms. The SMILES string of the molecule is O=C(O)Cc1ccc(SCc2ccc(Cl)c(Cl)c2)cc1. The second kappa shape index (κ2) is 7.02. The van der Waals surface area contributed by atoms with E-state index in [1.807, 2.05) is 36.4 Å². The summed E-state index contributed by atoms with van der Waals surface area (Å²) in [5.74, 6) is -0.0315. The van der Waals surface area contributed by atoms with E-state index in [0.717, 1.165) is 21.8 Å². The highest BCUT2D eigenvalue weighted by molar-refractivity contribution is 7.98. The third-order valence-electron chi connectivity index (χ3n) is 2.67. The first kappa shape index (κ1) is 15.2. The molecule has 0 radical (unpaired) electrons. The lowest BCUT2D eigenvalue weighted by Crippen LogP contribution is -1.99. The summed E-state index contributed by atoms with van der Waals surface area (Å²) in [6, 6.07) is 13.1. The molecule has 104 valence electrons. The maximum Gasteiger partial charge on any atom is 0.307 e. The number of aliphatic carboxylic acids is 1. The quantitative estimate of drug-likeness (QED) is 0.793. The molecule has 0 aliphatic heterocycles. The van der Waals surface area contributed by atoms with Crippen molar-refractivity contribution in [2.24, 2.45) is 0 Å². The molecule has 0 amide bonds. The molecule has 0 atom stereocenters. The Bertz CT molecular complexity index is 612. The van der Waals surface area contributed by atoms with Crippen LogP contribution in [0.25, 0.3) is 0 Å². The van der Waals surface area contributed by atoms with Gasteiger partial charge < -0.3 is 5.11 Å². The van der Waals surface area contributed by atoms with E-state index in [4.69, 9.17) is 28.3 Å². The molecule has 0 aromatic heterocycles. The first-order valence-corrected chi connectivity index (χ1v) is 7.66. The van der Waals surface area contributed by atoms with Gasteiger partial charge in [0.2, 0.25) is 0 Å². The second-order valence-electron chi connectivity index (χ2n) is 4.25. The Hall–Kier alpha value is -1.16. The number of hydrogen-bond donors (Lipinski definition) is 1. The van der Waals surface area contributed by atoms with Crippen LogP contribution in [0.3, 0.4) is 0 Å². The van der Waals surface area contributed by atoms with Crippen LogP contribution >= 0.6 is 35.0 Å². The van der Waals surface area contributed by atoms with Crippen LogP contribution in [-0.2, 0) is 17.0 Å². The number of carboxylic acids is 1. The predicted octanol–water partition coefficient (Wildman–Crippen LogP) is 4.91. The topological polar surface area (TPSA) is 37.3 Å². The number of rotatable bonds is 5. The zero-order chi connectivity index (χ0) is 14.5. The molecule has 0 aliphatic rings. The van der Waals surface area contributed by atoms with Crippen LogP contribution in [0.15, 0.2) is 47.4 Å². The van der Waals surface area contributed by atoms with E-state index < -0.39 is 5.97 Å². The maximum atomic E-state index is 10.6. The van der Waals surface area contributed by atoms with Crippen molar-refractivity contribution in [2.75, 3.05) is 0 Å². The van der Waals surface area contributed by atoms with Crippen molar-refractivity contribution in [1.29, 1.82) is 0 Å². The summed E-state index contributed by atoms with van der Waals surface area (Å²) in [6.07, 6.45) is 0.0533. The van der Waals surface area contributed by atoms with Crippen molar-refractivity contribution in [3.8, 4) is 0 Å². The van der Waals surface area contributed by atoms with Gasteiger partial charge in [0.1, 0.15) is 0 Å². The van der Waals surface area contributed by atoms with Crippen LogP contribution in [-0.4, -0.2) is 11.1 Å². The molecule has 0 bridgehead atoms. The van der Waals surface area contributed by atoms with Gasteiger partial charge in [-0.3, -0.25) is 4.79 Å². The number of carbonyl (C=O) groups is 1. The summed E-state index contributed by atoms with van der Waals surface area (Å²) >= 11 is 13.5. The molecule has 2 aromatic carbocycles. The minimum absolute atomic E-state index is 0.0533. The van der Waals surface area contributed by atoms with Gasteiger partial charge >= 0.3 is 5.97 Å². The van der Waals surface area contributed by atoms with E-state index in [0.29, 0.717) is 10.0 Å². The summed E-state index contributed by atoms with van der Waals surface area (Å²) in [6.45, 7) is 0. The first-order chi connectivity index (χ1) is 9.54. The van der Waals surface area contributed by atoms with Crippen molar-refractivity contribution in [2.45, 2.75) is 17.1 Å². The number of hydrogen-bond acceptors (Lipinski definition) is 2.